The number of thiophene rings is 1. The van der Waals surface area contributed by atoms with E-state index in [-0.39, 0.29) is 23.1 Å². The maximum Gasteiger partial charge on any atom is 0.333 e. The summed E-state index contributed by atoms with van der Waals surface area (Å²) in [6.07, 6.45) is 2.41. The number of hydrogen-bond donors (Lipinski definition) is 0. The molecule has 2 aliphatic carbocycles. The summed E-state index contributed by atoms with van der Waals surface area (Å²) in [4.78, 5) is 4.07. The third kappa shape index (κ3) is 3.92. The van der Waals surface area contributed by atoms with Crippen LogP contribution < -0.4 is 15.8 Å². The highest BCUT2D eigenvalue weighted by Crippen LogP contribution is 2.55. The number of aryl methyl sites for hydroxylation is 2. The van der Waals surface area contributed by atoms with E-state index in [0.29, 0.717) is 0 Å². The van der Waals surface area contributed by atoms with Gasteiger partial charge < -0.3 is 9.38 Å². The van der Waals surface area contributed by atoms with Crippen molar-refractivity contribution in [1.82, 2.24) is 4.48 Å². The van der Waals surface area contributed by atoms with Crippen LogP contribution in [0.15, 0.2) is 103 Å². The molecule has 0 amide bonds. The zero-order chi connectivity index (χ0) is 37.5. The van der Waals surface area contributed by atoms with Crippen molar-refractivity contribution >= 4 is 77.4 Å². The van der Waals surface area contributed by atoms with Crippen molar-refractivity contribution in [2.75, 3.05) is 4.90 Å². The maximum absolute atomic E-state index is 2.76. The Kier molecular flexibility index (Phi) is 5.98. The summed E-state index contributed by atoms with van der Waals surface area (Å²) >= 11 is 1.96. The second-order valence-electron chi connectivity index (χ2n) is 18.9. The van der Waals surface area contributed by atoms with E-state index >= 15 is 0 Å². The highest BCUT2D eigenvalue weighted by atomic mass is 32.1. The standard InChI is InChI=1S/C51H45BN2S/c1-28-22-35-31-16-13-17-33-45-32-15-10-12-19-44(32)55-48(45)54(47(31)33)52-40-26-37-34(30-14-9-11-18-36(30)51(37,7)8)25-42(40)53(43(23-28)46(35)52)41-27-39-38(24-29(41)2)49(3,4)20-21-50(39,5)6/h9-19,22-27H,20-21H2,1-8H3. The lowest BCUT2D eigenvalue weighted by atomic mass is 9.44. The molecule has 0 saturated heterocycles. The van der Waals surface area contributed by atoms with Crippen molar-refractivity contribution in [3.05, 3.63) is 137 Å². The number of para-hydroxylation sites is 1. The molecule has 0 spiro atoms. The first-order chi connectivity index (χ1) is 26.3. The van der Waals surface area contributed by atoms with Crippen molar-refractivity contribution in [3.8, 4) is 22.3 Å². The van der Waals surface area contributed by atoms with E-state index in [1.807, 2.05) is 11.3 Å². The number of aromatic nitrogens is 1. The van der Waals surface area contributed by atoms with Crippen LogP contribution in [0.1, 0.15) is 87.8 Å². The molecule has 0 unspecified atom stereocenters. The molecule has 8 aromatic rings. The number of fused-ring (bicyclic) bond motifs is 13. The molecule has 0 atom stereocenters. The minimum absolute atomic E-state index is 0.0398. The van der Waals surface area contributed by atoms with Gasteiger partial charge >= 0.3 is 6.85 Å². The van der Waals surface area contributed by atoms with Gasteiger partial charge in [0.25, 0.3) is 0 Å². The first-order valence-electron chi connectivity index (χ1n) is 20.2. The fourth-order valence-corrected chi connectivity index (χ4v) is 12.7. The summed E-state index contributed by atoms with van der Waals surface area (Å²) in [7, 11) is 0. The second kappa shape index (κ2) is 10.2. The molecule has 0 radical (unpaired) electrons. The Hall–Kier alpha value is -5.06. The van der Waals surface area contributed by atoms with Crippen LogP contribution in [0.25, 0.3) is 53.5 Å². The average molecular weight is 729 g/mol. The average Bonchev–Trinajstić information content (AvgIpc) is 3.77. The number of anilines is 3. The van der Waals surface area contributed by atoms with Gasteiger partial charge in [-0.2, -0.15) is 0 Å². The summed E-state index contributed by atoms with van der Waals surface area (Å²) in [6, 6.07) is 40.6. The Labute approximate surface area is 328 Å². The van der Waals surface area contributed by atoms with Gasteiger partial charge in [-0.1, -0.05) is 120 Å². The Balaban J connectivity index is 1.25. The lowest BCUT2D eigenvalue weighted by molar-refractivity contribution is 0.332. The van der Waals surface area contributed by atoms with E-state index in [1.54, 1.807) is 0 Å². The number of rotatable bonds is 1. The third-order valence-corrected chi connectivity index (χ3v) is 15.6. The zero-order valence-corrected chi connectivity index (χ0v) is 33.9. The predicted octanol–water partition coefficient (Wildman–Crippen LogP) is 12.7. The van der Waals surface area contributed by atoms with Crippen LogP contribution in [0.5, 0.6) is 0 Å². The van der Waals surface area contributed by atoms with Gasteiger partial charge in [-0.25, -0.2) is 0 Å². The molecular formula is C51H45BN2S. The van der Waals surface area contributed by atoms with Crippen LogP contribution in [0, 0.1) is 13.8 Å². The normalized spacial score (nSPS) is 17.7. The van der Waals surface area contributed by atoms with Crippen molar-refractivity contribution in [3.63, 3.8) is 0 Å². The Bertz CT molecular complexity index is 3060. The monoisotopic (exact) mass is 728 g/mol. The molecule has 0 N–H and O–H groups in total. The molecule has 2 aromatic heterocycles. The van der Waals surface area contributed by atoms with Gasteiger partial charge in [0.1, 0.15) is 0 Å². The Morgan fingerprint density at radius 2 is 1.29 bits per heavy atom. The number of hydrogen-bond acceptors (Lipinski definition) is 2. The van der Waals surface area contributed by atoms with Gasteiger partial charge in [0, 0.05) is 54.4 Å². The minimum Gasteiger partial charge on any atom is -0.367 e. The molecule has 0 fully saturated rings. The highest BCUT2D eigenvalue weighted by Gasteiger charge is 2.47. The van der Waals surface area contributed by atoms with Gasteiger partial charge in [-0.3, -0.25) is 0 Å². The van der Waals surface area contributed by atoms with Crippen molar-refractivity contribution < 1.29 is 0 Å². The smallest absolute Gasteiger partial charge is 0.333 e. The summed E-state index contributed by atoms with van der Waals surface area (Å²) in [5.41, 5.74) is 22.3. The molecule has 0 bridgehead atoms. The first-order valence-corrected chi connectivity index (χ1v) is 21.0. The van der Waals surface area contributed by atoms with Crippen molar-refractivity contribution in [2.45, 2.75) is 84.5 Å². The Morgan fingerprint density at radius 3 is 2.11 bits per heavy atom. The topological polar surface area (TPSA) is 8.17 Å². The van der Waals surface area contributed by atoms with E-state index < -0.39 is 0 Å². The predicted molar refractivity (Wildman–Crippen MR) is 238 cm³/mol. The van der Waals surface area contributed by atoms with Crippen LogP contribution >= 0.6 is 11.3 Å². The van der Waals surface area contributed by atoms with Gasteiger partial charge in [-0.15, -0.1) is 11.3 Å². The van der Waals surface area contributed by atoms with Gasteiger partial charge in [0.15, 0.2) is 0 Å². The SMILES string of the molecule is Cc1cc2c3c(c1)N(c1cc4c(cc1C)C(C)(C)CCC4(C)C)c1cc4c(cc1B3n1c3sc5ccccc5c3c3cccc-2c31)C(C)(C)c1ccccc1-4. The van der Waals surface area contributed by atoms with Crippen LogP contribution in [0.2, 0.25) is 0 Å². The third-order valence-electron chi connectivity index (χ3n) is 14.4. The van der Waals surface area contributed by atoms with Crippen LogP contribution in [-0.2, 0) is 16.2 Å². The largest absolute Gasteiger partial charge is 0.367 e. The molecule has 4 aliphatic rings. The number of nitrogens with zero attached hydrogens (tertiary/aromatic N) is 2. The molecule has 0 saturated carbocycles. The molecule has 4 heterocycles. The molecule has 6 aromatic carbocycles. The number of benzene rings is 6. The first kappa shape index (κ1) is 32.2. The molecule has 268 valence electrons. The van der Waals surface area contributed by atoms with E-state index in [9.17, 15) is 0 Å². The van der Waals surface area contributed by atoms with Gasteiger partial charge in [-0.05, 0) is 123 Å². The molecule has 55 heavy (non-hydrogen) atoms. The fourth-order valence-electron chi connectivity index (χ4n) is 11.4. The zero-order valence-electron chi connectivity index (χ0n) is 33.1. The maximum atomic E-state index is 2.76. The van der Waals surface area contributed by atoms with E-state index in [4.69, 9.17) is 0 Å². The second-order valence-corrected chi connectivity index (χ2v) is 19.9. The molecule has 2 aliphatic heterocycles. The highest BCUT2D eigenvalue weighted by molar-refractivity contribution is 7.26. The van der Waals surface area contributed by atoms with E-state index in [2.05, 4.69) is 168 Å². The molecule has 12 rings (SSSR count). The van der Waals surface area contributed by atoms with E-state index in [1.165, 1.54) is 128 Å². The summed E-state index contributed by atoms with van der Waals surface area (Å²) in [5.74, 6) is 0. The Morgan fingerprint density at radius 1 is 0.582 bits per heavy atom. The quantitative estimate of drug-likeness (QED) is 0.153. The summed E-state index contributed by atoms with van der Waals surface area (Å²) in [6.45, 7) is 19.4. The lowest BCUT2D eigenvalue weighted by Crippen LogP contribution is -2.57. The van der Waals surface area contributed by atoms with Crippen LogP contribution in [0.4, 0.5) is 17.1 Å². The molecule has 4 heteroatoms. The molecular weight excluding hydrogens is 683 g/mol. The van der Waals surface area contributed by atoms with Gasteiger partial charge in [0.05, 0.1) is 4.83 Å². The van der Waals surface area contributed by atoms with Crippen molar-refractivity contribution in [1.29, 1.82) is 0 Å². The van der Waals surface area contributed by atoms with Crippen LogP contribution in [0.3, 0.4) is 0 Å². The summed E-state index contributed by atoms with van der Waals surface area (Å²) < 4.78 is 4.12. The van der Waals surface area contributed by atoms with Crippen molar-refractivity contribution in [2.24, 2.45) is 0 Å². The van der Waals surface area contributed by atoms with E-state index in [0.717, 1.165) is 0 Å². The lowest BCUT2D eigenvalue weighted by Gasteiger charge is -2.45. The van der Waals surface area contributed by atoms with Gasteiger partial charge in [0.2, 0.25) is 0 Å². The summed E-state index contributed by atoms with van der Waals surface area (Å²) in [5, 5.41) is 4.13. The molecule has 2 nitrogen and oxygen atoms in total. The fraction of sp³-hybridized carbons (Fsp3) is 0.255. The minimum atomic E-state index is -0.106. The van der Waals surface area contributed by atoms with Crippen LogP contribution in [-0.4, -0.2) is 11.3 Å².